The number of likely N-dealkylation sites (tertiary alicyclic amines) is 1. The van der Waals surface area contributed by atoms with Crippen LogP contribution in [0.2, 0.25) is 5.02 Å². The smallest absolute Gasteiger partial charge is 0.228 e. The van der Waals surface area contributed by atoms with E-state index in [0.29, 0.717) is 24.6 Å². The lowest BCUT2D eigenvalue weighted by Crippen LogP contribution is -2.33. The van der Waals surface area contributed by atoms with E-state index < -0.39 is 0 Å². The number of thiazole rings is 1. The van der Waals surface area contributed by atoms with Crippen molar-refractivity contribution in [3.8, 4) is 5.75 Å². The Kier molecular flexibility index (Phi) is 8.96. The van der Waals surface area contributed by atoms with Crippen molar-refractivity contribution in [2.75, 3.05) is 13.1 Å². The zero-order chi connectivity index (χ0) is 16.2. The monoisotopic (exact) mass is 423 g/mol. The first-order valence-electron chi connectivity index (χ1n) is 7.45. The van der Waals surface area contributed by atoms with E-state index in [2.05, 4.69) is 4.98 Å². The highest BCUT2D eigenvalue weighted by Crippen LogP contribution is 2.19. The lowest BCUT2D eigenvalue weighted by Gasteiger charge is -2.14. The van der Waals surface area contributed by atoms with Gasteiger partial charge in [-0.05, 0) is 30.7 Å². The third-order valence-electron chi connectivity index (χ3n) is 3.69. The van der Waals surface area contributed by atoms with E-state index >= 15 is 0 Å². The second-order valence-electron chi connectivity index (χ2n) is 5.54. The van der Waals surface area contributed by atoms with Crippen LogP contribution in [0.3, 0.4) is 0 Å². The summed E-state index contributed by atoms with van der Waals surface area (Å²) in [4.78, 5) is 18.4. The zero-order valence-electron chi connectivity index (χ0n) is 13.4. The Bertz CT molecular complexity index is 682. The highest BCUT2D eigenvalue weighted by atomic mass is 35.5. The first-order chi connectivity index (χ1) is 11.1. The van der Waals surface area contributed by atoms with E-state index in [1.165, 1.54) is 11.3 Å². The molecule has 0 spiro atoms. The predicted octanol–water partition coefficient (Wildman–Crippen LogP) is 3.32. The van der Waals surface area contributed by atoms with Gasteiger partial charge in [0.15, 0.2) is 0 Å². The molecule has 0 saturated carbocycles. The van der Waals surface area contributed by atoms with Crippen molar-refractivity contribution in [2.45, 2.75) is 25.5 Å². The first-order valence-corrected chi connectivity index (χ1v) is 8.71. The molecule has 2 heterocycles. The van der Waals surface area contributed by atoms with E-state index in [4.69, 9.17) is 22.1 Å². The summed E-state index contributed by atoms with van der Waals surface area (Å²) in [6.45, 7) is 1.78. The second kappa shape index (κ2) is 10.2. The molecule has 0 unspecified atom stereocenters. The van der Waals surface area contributed by atoms with E-state index in [-0.39, 0.29) is 36.8 Å². The second-order valence-corrected chi connectivity index (χ2v) is 6.92. The van der Waals surface area contributed by atoms with Crippen molar-refractivity contribution in [2.24, 2.45) is 5.73 Å². The molecule has 25 heavy (non-hydrogen) atoms. The van der Waals surface area contributed by atoms with Crippen LogP contribution in [0.25, 0.3) is 0 Å². The fourth-order valence-corrected chi connectivity index (χ4v) is 3.28. The SMILES string of the molecule is Cl.Cl.N[C@@H]1CCN(C(=O)Cc2csc(COc3ccc(Cl)cc3)n2)C1. The molecule has 1 amide bonds. The number of nitrogens with zero attached hydrogens (tertiary/aromatic N) is 2. The van der Waals surface area contributed by atoms with Crippen molar-refractivity contribution >= 4 is 53.7 Å². The van der Waals surface area contributed by atoms with Gasteiger partial charge in [-0.2, -0.15) is 0 Å². The van der Waals surface area contributed by atoms with Crippen LogP contribution in [0, 0.1) is 0 Å². The molecule has 1 aliphatic rings. The number of amides is 1. The highest BCUT2D eigenvalue weighted by Gasteiger charge is 2.24. The minimum atomic E-state index is 0. The van der Waals surface area contributed by atoms with Gasteiger partial charge in [0.05, 0.1) is 12.1 Å². The van der Waals surface area contributed by atoms with Crippen molar-refractivity contribution in [3.63, 3.8) is 0 Å². The predicted molar refractivity (Wildman–Crippen MR) is 105 cm³/mol. The van der Waals surface area contributed by atoms with Crippen molar-refractivity contribution < 1.29 is 9.53 Å². The van der Waals surface area contributed by atoms with Crippen LogP contribution in [0.1, 0.15) is 17.1 Å². The number of carbonyl (C=O) groups is 1. The van der Waals surface area contributed by atoms with Gasteiger partial charge in [0.1, 0.15) is 17.4 Å². The van der Waals surface area contributed by atoms with Crippen LogP contribution in [0.4, 0.5) is 0 Å². The van der Waals surface area contributed by atoms with Gasteiger partial charge in [0, 0.05) is 29.5 Å². The van der Waals surface area contributed by atoms with E-state index in [1.54, 1.807) is 12.1 Å². The number of rotatable bonds is 5. The maximum Gasteiger partial charge on any atom is 0.228 e. The van der Waals surface area contributed by atoms with Gasteiger partial charge in [-0.15, -0.1) is 36.2 Å². The molecule has 1 aromatic heterocycles. The number of hydrogen-bond donors (Lipinski definition) is 1. The Morgan fingerprint density at radius 1 is 1.36 bits per heavy atom. The molecule has 3 rings (SSSR count). The average molecular weight is 425 g/mol. The third-order valence-corrected chi connectivity index (χ3v) is 4.81. The standard InChI is InChI=1S/C16H18ClN3O2S.2ClH/c17-11-1-3-14(4-2-11)22-9-15-19-13(10-23-15)7-16(21)20-6-5-12(18)8-20;;/h1-4,10,12H,5-9,18H2;2*1H/t12-;;/m1../s1. The summed E-state index contributed by atoms with van der Waals surface area (Å²) in [5.41, 5.74) is 6.62. The molecule has 0 aliphatic carbocycles. The normalized spacial score (nSPS) is 16.1. The third kappa shape index (κ3) is 6.31. The minimum absolute atomic E-state index is 0. The van der Waals surface area contributed by atoms with Crippen LogP contribution in [0.15, 0.2) is 29.6 Å². The van der Waals surface area contributed by atoms with Crippen molar-refractivity contribution in [1.82, 2.24) is 9.88 Å². The molecular formula is C16H20Cl3N3O2S. The van der Waals surface area contributed by atoms with Crippen LogP contribution in [-0.2, 0) is 17.8 Å². The molecule has 5 nitrogen and oxygen atoms in total. The fourth-order valence-electron chi connectivity index (χ4n) is 2.45. The molecule has 9 heteroatoms. The molecule has 0 bridgehead atoms. The van der Waals surface area contributed by atoms with Gasteiger partial charge >= 0.3 is 0 Å². The molecule has 2 aromatic rings. The zero-order valence-corrected chi connectivity index (χ0v) is 16.6. The first kappa shape index (κ1) is 22.0. The summed E-state index contributed by atoms with van der Waals surface area (Å²) in [5, 5.41) is 3.43. The number of hydrogen-bond acceptors (Lipinski definition) is 5. The quantitative estimate of drug-likeness (QED) is 0.799. The highest BCUT2D eigenvalue weighted by molar-refractivity contribution is 7.09. The molecule has 1 fully saturated rings. The van der Waals surface area contributed by atoms with Crippen LogP contribution in [0.5, 0.6) is 5.75 Å². The lowest BCUT2D eigenvalue weighted by molar-refractivity contribution is -0.129. The Morgan fingerprint density at radius 3 is 2.72 bits per heavy atom. The summed E-state index contributed by atoms with van der Waals surface area (Å²) < 4.78 is 5.66. The maximum atomic E-state index is 12.2. The lowest BCUT2D eigenvalue weighted by atomic mass is 10.3. The number of benzene rings is 1. The molecule has 1 saturated heterocycles. The maximum absolute atomic E-state index is 12.2. The molecule has 1 aromatic carbocycles. The minimum Gasteiger partial charge on any atom is -0.486 e. The number of carbonyl (C=O) groups excluding carboxylic acids is 1. The van der Waals surface area contributed by atoms with E-state index in [1.807, 2.05) is 22.4 Å². The van der Waals surface area contributed by atoms with Gasteiger partial charge in [0.2, 0.25) is 5.91 Å². The Morgan fingerprint density at radius 2 is 2.08 bits per heavy atom. The Balaban J connectivity index is 0.00000156. The van der Waals surface area contributed by atoms with Gasteiger partial charge in [-0.3, -0.25) is 4.79 Å². The molecule has 1 aliphatic heterocycles. The number of aromatic nitrogens is 1. The molecule has 138 valence electrons. The summed E-state index contributed by atoms with van der Waals surface area (Å²) in [6, 6.07) is 7.30. The summed E-state index contributed by atoms with van der Waals surface area (Å²) >= 11 is 7.33. The topological polar surface area (TPSA) is 68.5 Å². The van der Waals surface area contributed by atoms with Crippen LogP contribution < -0.4 is 10.5 Å². The average Bonchev–Trinajstić information content (AvgIpc) is 3.16. The summed E-state index contributed by atoms with van der Waals surface area (Å²) in [7, 11) is 0. The van der Waals surface area contributed by atoms with Crippen molar-refractivity contribution in [3.05, 3.63) is 45.4 Å². The molecule has 1 atom stereocenters. The fraction of sp³-hybridized carbons (Fsp3) is 0.375. The summed E-state index contributed by atoms with van der Waals surface area (Å²) in [6.07, 6.45) is 1.20. The van der Waals surface area contributed by atoms with E-state index in [0.717, 1.165) is 29.4 Å². The molecule has 2 N–H and O–H groups in total. The number of halogens is 3. The van der Waals surface area contributed by atoms with Crippen LogP contribution in [-0.4, -0.2) is 34.9 Å². The van der Waals surface area contributed by atoms with Crippen molar-refractivity contribution in [1.29, 1.82) is 0 Å². The Hall–Kier alpha value is -1.05. The van der Waals surface area contributed by atoms with E-state index in [9.17, 15) is 4.79 Å². The largest absolute Gasteiger partial charge is 0.486 e. The van der Waals surface area contributed by atoms with Gasteiger partial charge in [0.25, 0.3) is 0 Å². The van der Waals surface area contributed by atoms with Gasteiger partial charge in [-0.25, -0.2) is 4.98 Å². The molecule has 0 radical (unpaired) electrons. The summed E-state index contributed by atoms with van der Waals surface area (Å²) in [5.74, 6) is 0.835. The van der Waals surface area contributed by atoms with Crippen LogP contribution >= 0.6 is 47.8 Å². The Labute approximate surface area is 168 Å². The number of ether oxygens (including phenoxy) is 1. The number of nitrogens with two attached hydrogens (primary N) is 1. The van der Waals surface area contributed by atoms with Gasteiger partial charge < -0.3 is 15.4 Å². The van der Waals surface area contributed by atoms with Gasteiger partial charge in [-0.1, -0.05) is 11.6 Å². The molecular weight excluding hydrogens is 405 g/mol.